The van der Waals surface area contributed by atoms with Gasteiger partial charge in [0.05, 0.1) is 23.3 Å². The quantitative estimate of drug-likeness (QED) is 0.665. The number of fused-ring (bicyclic) bond motifs is 1. The van der Waals surface area contributed by atoms with Gasteiger partial charge in [0.1, 0.15) is 0 Å². The van der Waals surface area contributed by atoms with Crippen molar-refractivity contribution in [2.24, 2.45) is 5.92 Å². The lowest BCUT2D eigenvalue weighted by molar-refractivity contribution is -0.126. The van der Waals surface area contributed by atoms with Crippen molar-refractivity contribution in [3.05, 3.63) is 59.1 Å². The average molecular weight is 429 g/mol. The molecule has 0 radical (unpaired) electrons. The standard InChI is InChI=1S/C21H21BrN2O3/c1-2-3-9-17-18-19(27-24(17)16-7-5-4-6-8-16)21(26)23(20(18)25)15-12-10-14(22)11-13-15/h4-8,10-13,17-19H,2-3,9H2,1H3/t17-,18-,19-/m1/s1. The summed E-state index contributed by atoms with van der Waals surface area (Å²) in [7, 11) is 0. The number of amides is 2. The number of anilines is 2. The molecule has 0 spiro atoms. The first-order chi connectivity index (χ1) is 13.1. The van der Waals surface area contributed by atoms with Gasteiger partial charge in [0.25, 0.3) is 5.91 Å². The highest BCUT2D eigenvalue weighted by Crippen LogP contribution is 2.42. The molecule has 0 saturated carbocycles. The Morgan fingerprint density at radius 3 is 2.33 bits per heavy atom. The van der Waals surface area contributed by atoms with Crippen molar-refractivity contribution >= 4 is 39.1 Å². The molecule has 2 aliphatic heterocycles. The van der Waals surface area contributed by atoms with Crippen LogP contribution in [-0.4, -0.2) is 24.0 Å². The minimum absolute atomic E-state index is 0.144. The van der Waals surface area contributed by atoms with Gasteiger partial charge in [-0.1, -0.05) is 53.9 Å². The number of hydroxylamine groups is 1. The van der Waals surface area contributed by atoms with Crippen LogP contribution in [0.15, 0.2) is 59.1 Å². The predicted octanol–water partition coefficient (Wildman–Crippen LogP) is 4.32. The Morgan fingerprint density at radius 2 is 1.67 bits per heavy atom. The number of hydrogen-bond acceptors (Lipinski definition) is 4. The van der Waals surface area contributed by atoms with Crippen LogP contribution in [0, 0.1) is 5.92 Å². The molecule has 2 aliphatic rings. The number of benzene rings is 2. The van der Waals surface area contributed by atoms with E-state index in [1.54, 1.807) is 17.2 Å². The van der Waals surface area contributed by atoms with E-state index in [0.29, 0.717) is 5.69 Å². The van der Waals surface area contributed by atoms with Crippen molar-refractivity contribution in [3.63, 3.8) is 0 Å². The Hall–Kier alpha value is -2.18. The summed E-state index contributed by atoms with van der Waals surface area (Å²) >= 11 is 3.38. The second-order valence-corrected chi connectivity index (χ2v) is 7.83. The highest BCUT2D eigenvalue weighted by Gasteiger charge is 2.59. The van der Waals surface area contributed by atoms with Crippen LogP contribution in [0.3, 0.4) is 0 Å². The van der Waals surface area contributed by atoms with Crippen LogP contribution in [0.5, 0.6) is 0 Å². The number of nitrogens with zero attached hydrogens (tertiary/aromatic N) is 2. The maximum absolute atomic E-state index is 13.2. The summed E-state index contributed by atoms with van der Waals surface area (Å²) in [6, 6.07) is 16.8. The first kappa shape index (κ1) is 18.2. The van der Waals surface area contributed by atoms with E-state index in [9.17, 15) is 9.59 Å². The smallest absolute Gasteiger partial charge is 0.266 e. The van der Waals surface area contributed by atoms with E-state index < -0.39 is 12.0 Å². The zero-order valence-corrected chi connectivity index (χ0v) is 16.6. The normalized spacial score (nSPS) is 24.6. The number of unbranched alkanes of at least 4 members (excludes halogenated alkanes) is 1. The van der Waals surface area contributed by atoms with Crippen LogP contribution in [0.1, 0.15) is 26.2 Å². The summed E-state index contributed by atoms with van der Waals surface area (Å²) < 4.78 is 0.901. The molecule has 0 aliphatic carbocycles. The molecule has 6 heteroatoms. The second-order valence-electron chi connectivity index (χ2n) is 6.91. The van der Waals surface area contributed by atoms with Crippen LogP contribution in [0.4, 0.5) is 11.4 Å². The van der Waals surface area contributed by atoms with Gasteiger partial charge in [0.15, 0.2) is 6.10 Å². The van der Waals surface area contributed by atoms with Gasteiger partial charge in [-0.3, -0.25) is 14.4 Å². The molecule has 2 aromatic carbocycles. The summed E-state index contributed by atoms with van der Waals surface area (Å²) in [6.45, 7) is 2.12. The number of imide groups is 1. The summed E-state index contributed by atoms with van der Waals surface area (Å²) in [6.07, 6.45) is 2.04. The minimum Gasteiger partial charge on any atom is -0.273 e. The van der Waals surface area contributed by atoms with Gasteiger partial charge in [-0.25, -0.2) is 9.96 Å². The van der Waals surface area contributed by atoms with Crippen molar-refractivity contribution < 1.29 is 14.4 Å². The molecule has 0 bridgehead atoms. The van der Waals surface area contributed by atoms with Gasteiger partial charge < -0.3 is 0 Å². The van der Waals surface area contributed by atoms with Gasteiger partial charge in [0, 0.05) is 4.47 Å². The Kier molecular flexibility index (Phi) is 5.02. The van der Waals surface area contributed by atoms with Crippen LogP contribution in [0.25, 0.3) is 0 Å². The number of carbonyl (C=O) groups is 2. The molecule has 2 heterocycles. The summed E-state index contributed by atoms with van der Waals surface area (Å²) in [5.41, 5.74) is 1.47. The number of rotatable bonds is 5. The lowest BCUT2D eigenvalue weighted by Crippen LogP contribution is -2.40. The Morgan fingerprint density at radius 1 is 0.963 bits per heavy atom. The van der Waals surface area contributed by atoms with E-state index in [1.165, 1.54) is 4.90 Å². The maximum atomic E-state index is 13.2. The first-order valence-electron chi connectivity index (χ1n) is 9.26. The molecule has 0 unspecified atom stereocenters. The highest BCUT2D eigenvalue weighted by atomic mass is 79.9. The van der Waals surface area contributed by atoms with Crippen molar-refractivity contribution in [1.82, 2.24) is 0 Å². The third kappa shape index (κ3) is 3.17. The third-order valence-corrected chi connectivity index (χ3v) is 5.72. The van der Waals surface area contributed by atoms with Crippen LogP contribution in [-0.2, 0) is 14.4 Å². The lowest BCUT2D eigenvalue weighted by Gasteiger charge is -2.28. The SMILES string of the molecule is CCCC[C@@H]1[C@H]2C(=O)N(c3ccc(Br)cc3)C(=O)[C@@H]2ON1c1ccccc1. The molecule has 0 aromatic heterocycles. The molecular formula is C21H21BrN2O3. The van der Waals surface area contributed by atoms with E-state index in [1.807, 2.05) is 42.5 Å². The highest BCUT2D eigenvalue weighted by molar-refractivity contribution is 9.10. The number of halogens is 1. The largest absolute Gasteiger partial charge is 0.273 e. The van der Waals surface area contributed by atoms with E-state index in [-0.39, 0.29) is 17.9 Å². The van der Waals surface area contributed by atoms with Crippen LogP contribution >= 0.6 is 15.9 Å². The second kappa shape index (κ2) is 7.44. The molecule has 2 aromatic rings. The lowest BCUT2D eigenvalue weighted by atomic mass is 9.92. The third-order valence-electron chi connectivity index (χ3n) is 5.19. The molecule has 140 valence electrons. The van der Waals surface area contributed by atoms with E-state index in [2.05, 4.69) is 22.9 Å². The molecule has 2 amide bonds. The average Bonchev–Trinajstić information content (AvgIpc) is 3.18. The van der Waals surface area contributed by atoms with Crippen molar-refractivity contribution in [2.75, 3.05) is 9.96 Å². The fourth-order valence-electron chi connectivity index (χ4n) is 3.87. The maximum Gasteiger partial charge on any atom is 0.266 e. The van der Waals surface area contributed by atoms with Crippen LogP contribution in [0.2, 0.25) is 0 Å². The van der Waals surface area contributed by atoms with Crippen molar-refractivity contribution in [3.8, 4) is 0 Å². The molecule has 3 atom stereocenters. The number of para-hydroxylation sites is 1. The van der Waals surface area contributed by atoms with E-state index in [4.69, 9.17) is 4.84 Å². The Balaban J connectivity index is 1.66. The van der Waals surface area contributed by atoms with Gasteiger partial charge >= 0.3 is 0 Å². The Labute approximate surface area is 167 Å². The summed E-state index contributed by atoms with van der Waals surface area (Å²) in [4.78, 5) is 33.6. The minimum atomic E-state index is -0.761. The number of hydrogen-bond donors (Lipinski definition) is 0. The zero-order valence-electron chi connectivity index (χ0n) is 15.0. The molecule has 4 rings (SSSR count). The van der Waals surface area contributed by atoms with E-state index in [0.717, 1.165) is 29.4 Å². The summed E-state index contributed by atoms with van der Waals surface area (Å²) in [5.74, 6) is -0.938. The van der Waals surface area contributed by atoms with Gasteiger partial charge in [-0.15, -0.1) is 0 Å². The zero-order chi connectivity index (χ0) is 19.0. The topological polar surface area (TPSA) is 49.9 Å². The molecule has 5 nitrogen and oxygen atoms in total. The van der Waals surface area contributed by atoms with Crippen molar-refractivity contribution in [1.29, 1.82) is 0 Å². The van der Waals surface area contributed by atoms with E-state index >= 15 is 0 Å². The van der Waals surface area contributed by atoms with Gasteiger partial charge in [-0.2, -0.15) is 0 Å². The molecule has 2 saturated heterocycles. The first-order valence-corrected chi connectivity index (χ1v) is 10.1. The summed E-state index contributed by atoms with van der Waals surface area (Å²) in [5, 5.41) is 1.78. The molecule has 2 fully saturated rings. The fourth-order valence-corrected chi connectivity index (χ4v) is 4.14. The fraction of sp³-hybridized carbons (Fsp3) is 0.333. The Bertz CT molecular complexity index is 840. The van der Waals surface area contributed by atoms with Gasteiger partial charge in [-0.05, 0) is 42.8 Å². The van der Waals surface area contributed by atoms with Gasteiger partial charge in [0.2, 0.25) is 5.91 Å². The molecular weight excluding hydrogens is 408 g/mol. The number of carbonyl (C=O) groups excluding carboxylic acids is 2. The monoisotopic (exact) mass is 428 g/mol. The predicted molar refractivity (Wildman–Crippen MR) is 107 cm³/mol. The molecule has 27 heavy (non-hydrogen) atoms. The van der Waals surface area contributed by atoms with Crippen molar-refractivity contribution in [2.45, 2.75) is 38.3 Å². The van der Waals surface area contributed by atoms with Crippen LogP contribution < -0.4 is 9.96 Å². The molecule has 0 N–H and O–H groups in total.